The number of hydrogen-bond acceptors (Lipinski definition) is 3. The highest BCUT2D eigenvalue weighted by Gasteiger charge is 2.16. The molecule has 0 radical (unpaired) electrons. The molecule has 0 amide bonds. The Labute approximate surface area is 127 Å². The zero-order valence-corrected chi connectivity index (χ0v) is 12.3. The Hall–Kier alpha value is -2.38. The molecule has 0 bridgehead atoms. The number of aryl methyl sites for hydroxylation is 2. The van der Waals surface area contributed by atoms with Gasteiger partial charge in [-0.1, -0.05) is 12.1 Å². The molecule has 0 atom stereocenters. The Morgan fingerprint density at radius 2 is 2.10 bits per heavy atom. The SMILES string of the molecule is Cc1ccnc2c1nc(CCCl)n2-c1ccccc1C#N. The van der Waals surface area contributed by atoms with Crippen molar-refractivity contribution in [2.24, 2.45) is 0 Å². The van der Waals surface area contributed by atoms with Crippen molar-refractivity contribution in [3.8, 4) is 11.8 Å². The van der Waals surface area contributed by atoms with Crippen molar-refractivity contribution in [3.05, 3.63) is 53.5 Å². The van der Waals surface area contributed by atoms with E-state index < -0.39 is 0 Å². The van der Waals surface area contributed by atoms with E-state index >= 15 is 0 Å². The van der Waals surface area contributed by atoms with Crippen molar-refractivity contribution >= 4 is 22.8 Å². The predicted molar refractivity (Wildman–Crippen MR) is 82.7 cm³/mol. The highest BCUT2D eigenvalue weighted by atomic mass is 35.5. The molecule has 3 rings (SSSR count). The third-order valence-corrected chi connectivity index (χ3v) is 3.59. The summed E-state index contributed by atoms with van der Waals surface area (Å²) in [5.74, 6) is 1.29. The van der Waals surface area contributed by atoms with Crippen LogP contribution in [0.1, 0.15) is 17.0 Å². The van der Waals surface area contributed by atoms with Crippen LogP contribution in [0.25, 0.3) is 16.9 Å². The van der Waals surface area contributed by atoms with Crippen LogP contribution in [0.2, 0.25) is 0 Å². The first-order chi connectivity index (χ1) is 10.3. The van der Waals surface area contributed by atoms with Crippen molar-refractivity contribution in [1.29, 1.82) is 5.26 Å². The number of alkyl halides is 1. The average Bonchev–Trinajstić information content (AvgIpc) is 2.87. The second kappa shape index (κ2) is 5.55. The molecule has 21 heavy (non-hydrogen) atoms. The van der Waals surface area contributed by atoms with Crippen molar-refractivity contribution in [3.63, 3.8) is 0 Å². The number of nitriles is 1. The van der Waals surface area contributed by atoms with E-state index in [1.807, 2.05) is 35.8 Å². The van der Waals surface area contributed by atoms with Gasteiger partial charge < -0.3 is 0 Å². The fourth-order valence-electron chi connectivity index (χ4n) is 2.41. The van der Waals surface area contributed by atoms with Crippen LogP contribution in [0.15, 0.2) is 36.5 Å². The lowest BCUT2D eigenvalue weighted by Crippen LogP contribution is -2.04. The fraction of sp³-hybridized carbons (Fsp3) is 0.188. The highest BCUT2D eigenvalue weighted by Crippen LogP contribution is 2.24. The van der Waals surface area contributed by atoms with E-state index in [-0.39, 0.29) is 0 Å². The summed E-state index contributed by atoms with van der Waals surface area (Å²) < 4.78 is 1.93. The lowest BCUT2D eigenvalue weighted by atomic mass is 10.2. The van der Waals surface area contributed by atoms with Crippen molar-refractivity contribution in [1.82, 2.24) is 14.5 Å². The Morgan fingerprint density at radius 3 is 2.86 bits per heavy atom. The molecule has 0 fully saturated rings. The lowest BCUT2D eigenvalue weighted by molar-refractivity contribution is 0.903. The first kappa shape index (κ1) is 13.6. The third-order valence-electron chi connectivity index (χ3n) is 3.40. The molecule has 0 unspecified atom stereocenters. The molecule has 1 aromatic carbocycles. The van der Waals surface area contributed by atoms with Gasteiger partial charge in [0.1, 0.15) is 17.4 Å². The normalized spacial score (nSPS) is 10.7. The molecule has 0 spiro atoms. The summed E-state index contributed by atoms with van der Waals surface area (Å²) in [6.07, 6.45) is 2.38. The van der Waals surface area contributed by atoms with E-state index in [1.54, 1.807) is 12.3 Å². The van der Waals surface area contributed by atoms with Gasteiger partial charge in [0.2, 0.25) is 0 Å². The van der Waals surface area contributed by atoms with Gasteiger partial charge in [0.25, 0.3) is 0 Å². The number of halogens is 1. The van der Waals surface area contributed by atoms with Crippen LogP contribution in [-0.4, -0.2) is 20.4 Å². The van der Waals surface area contributed by atoms with Gasteiger partial charge in [-0.05, 0) is 30.7 Å². The Kier molecular flexibility index (Phi) is 3.59. The summed E-state index contributed by atoms with van der Waals surface area (Å²) in [7, 11) is 0. The summed E-state index contributed by atoms with van der Waals surface area (Å²) in [6, 6.07) is 11.6. The molecule has 2 aromatic heterocycles. The first-order valence-corrected chi connectivity index (χ1v) is 7.18. The van der Waals surface area contributed by atoms with E-state index in [0.29, 0.717) is 17.9 Å². The van der Waals surface area contributed by atoms with Gasteiger partial charge >= 0.3 is 0 Å². The van der Waals surface area contributed by atoms with Gasteiger partial charge in [0, 0.05) is 18.5 Å². The van der Waals surface area contributed by atoms with Crippen LogP contribution >= 0.6 is 11.6 Å². The van der Waals surface area contributed by atoms with Crippen LogP contribution in [0.5, 0.6) is 0 Å². The molecule has 0 aliphatic rings. The Bertz CT molecular complexity index is 845. The molecular formula is C16H13ClN4. The number of hydrogen-bond donors (Lipinski definition) is 0. The topological polar surface area (TPSA) is 54.5 Å². The number of aromatic nitrogens is 3. The Morgan fingerprint density at radius 1 is 1.29 bits per heavy atom. The van der Waals surface area contributed by atoms with E-state index in [9.17, 15) is 5.26 Å². The molecule has 2 heterocycles. The second-order valence-electron chi connectivity index (χ2n) is 4.73. The van der Waals surface area contributed by atoms with Gasteiger partial charge in [0.15, 0.2) is 5.65 Å². The highest BCUT2D eigenvalue weighted by molar-refractivity contribution is 6.17. The zero-order valence-electron chi connectivity index (χ0n) is 11.5. The van der Waals surface area contributed by atoms with Crippen molar-refractivity contribution in [2.75, 3.05) is 5.88 Å². The number of fused-ring (bicyclic) bond motifs is 1. The summed E-state index contributed by atoms with van der Waals surface area (Å²) in [6.45, 7) is 2.00. The molecule has 0 saturated heterocycles. The molecule has 0 aliphatic carbocycles. The maximum absolute atomic E-state index is 9.33. The van der Waals surface area contributed by atoms with Gasteiger partial charge in [-0.3, -0.25) is 4.57 Å². The summed E-state index contributed by atoms with van der Waals surface area (Å²) in [4.78, 5) is 9.10. The van der Waals surface area contributed by atoms with Crippen LogP contribution in [-0.2, 0) is 6.42 Å². The molecule has 0 saturated carbocycles. The van der Waals surface area contributed by atoms with Gasteiger partial charge in [-0.2, -0.15) is 5.26 Å². The monoisotopic (exact) mass is 296 g/mol. The van der Waals surface area contributed by atoms with Crippen LogP contribution in [0.3, 0.4) is 0 Å². The van der Waals surface area contributed by atoms with E-state index in [1.165, 1.54) is 0 Å². The number of rotatable bonds is 3. The number of nitrogens with zero attached hydrogens (tertiary/aromatic N) is 4. The fourth-order valence-corrected chi connectivity index (χ4v) is 2.58. The minimum Gasteiger partial charge on any atom is -0.279 e. The van der Waals surface area contributed by atoms with Crippen LogP contribution in [0, 0.1) is 18.3 Å². The standard InChI is InChI=1S/C16H13ClN4/c1-11-7-9-19-16-15(11)20-14(6-8-17)21(16)13-5-3-2-4-12(13)10-18/h2-5,7,9H,6,8H2,1H3. The molecule has 0 aliphatic heterocycles. The number of benzene rings is 1. The smallest absolute Gasteiger partial charge is 0.164 e. The predicted octanol–water partition coefficient (Wildman–Crippen LogP) is 3.38. The molecule has 104 valence electrons. The molecular weight excluding hydrogens is 284 g/mol. The summed E-state index contributed by atoms with van der Waals surface area (Å²) in [5.41, 5.74) is 4.06. The molecule has 3 aromatic rings. The van der Waals surface area contributed by atoms with Crippen molar-refractivity contribution < 1.29 is 0 Å². The van der Waals surface area contributed by atoms with Crippen LogP contribution < -0.4 is 0 Å². The summed E-state index contributed by atoms with van der Waals surface area (Å²) in [5, 5.41) is 9.33. The number of pyridine rings is 1. The molecule has 0 N–H and O–H groups in total. The maximum Gasteiger partial charge on any atom is 0.164 e. The Balaban J connectivity index is 2.37. The second-order valence-corrected chi connectivity index (χ2v) is 5.11. The van der Waals surface area contributed by atoms with E-state index in [0.717, 1.165) is 28.2 Å². The van der Waals surface area contributed by atoms with E-state index in [2.05, 4.69) is 16.0 Å². The average molecular weight is 297 g/mol. The molecule has 4 nitrogen and oxygen atoms in total. The largest absolute Gasteiger partial charge is 0.279 e. The van der Waals surface area contributed by atoms with Gasteiger partial charge in [-0.15, -0.1) is 11.6 Å². The maximum atomic E-state index is 9.33. The number of imidazole rings is 1. The number of para-hydroxylation sites is 1. The van der Waals surface area contributed by atoms with Gasteiger partial charge in [-0.25, -0.2) is 9.97 Å². The third kappa shape index (κ3) is 2.26. The zero-order chi connectivity index (χ0) is 14.8. The summed E-state index contributed by atoms with van der Waals surface area (Å²) >= 11 is 5.90. The van der Waals surface area contributed by atoms with Gasteiger partial charge in [0.05, 0.1) is 11.3 Å². The lowest BCUT2D eigenvalue weighted by Gasteiger charge is -2.09. The minimum absolute atomic E-state index is 0.469. The minimum atomic E-state index is 0.469. The van der Waals surface area contributed by atoms with Crippen LogP contribution in [0.4, 0.5) is 0 Å². The quantitative estimate of drug-likeness (QED) is 0.696. The molecule has 5 heteroatoms. The first-order valence-electron chi connectivity index (χ1n) is 6.64. The van der Waals surface area contributed by atoms with E-state index in [4.69, 9.17) is 11.6 Å². The van der Waals surface area contributed by atoms with Crippen molar-refractivity contribution in [2.45, 2.75) is 13.3 Å².